The smallest absolute Gasteiger partial charge is 0.278 e. The standard InChI is InChI=1S/C21H27N6O/c1-27(2,16-21(28)26-11-4-6-19(26)13-22)12-10-24-20-8-7-18(15-25-20)17-5-3-9-23-14-17/h3,5,7-9,14-15,19H,4,6,10-12,16H2,1-2H3,(H,24,25)/q+1/t19-/m0/s1. The number of hydrogen-bond donors (Lipinski definition) is 1. The van der Waals surface area contributed by atoms with Gasteiger partial charge in [-0.25, -0.2) is 4.98 Å². The van der Waals surface area contributed by atoms with Crippen LogP contribution in [0.2, 0.25) is 0 Å². The molecule has 1 fully saturated rings. The van der Waals surface area contributed by atoms with Crippen molar-refractivity contribution in [2.75, 3.05) is 45.6 Å². The summed E-state index contributed by atoms with van der Waals surface area (Å²) in [7, 11) is 4.08. The van der Waals surface area contributed by atoms with E-state index in [1.54, 1.807) is 11.1 Å². The van der Waals surface area contributed by atoms with Crippen molar-refractivity contribution >= 4 is 11.7 Å². The van der Waals surface area contributed by atoms with Gasteiger partial charge < -0.3 is 14.7 Å². The molecular weight excluding hydrogens is 352 g/mol. The zero-order chi connectivity index (χ0) is 20.0. The Kier molecular flexibility index (Phi) is 6.22. The van der Waals surface area contributed by atoms with E-state index in [1.807, 2.05) is 50.8 Å². The number of rotatable bonds is 7. The van der Waals surface area contributed by atoms with Crippen LogP contribution >= 0.6 is 0 Å². The minimum Gasteiger partial charge on any atom is -0.364 e. The quantitative estimate of drug-likeness (QED) is 0.746. The van der Waals surface area contributed by atoms with E-state index in [1.165, 1.54) is 0 Å². The topological polar surface area (TPSA) is 81.9 Å². The number of nitrogens with one attached hydrogen (secondary N) is 1. The second kappa shape index (κ2) is 8.81. The Morgan fingerprint density at radius 1 is 1.32 bits per heavy atom. The summed E-state index contributed by atoms with van der Waals surface area (Å²) in [6.45, 7) is 2.58. The van der Waals surface area contributed by atoms with Gasteiger partial charge in [-0.3, -0.25) is 9.78 Å². The zero-order valence-electron chi connectivity index (χ0n) is 16.5. The fourth-order valence-corrected chi connectivity index (χ4v) is 3.42. The normalized spacial score (nSPS) is 16.6. The van der Waals surface area contributed by atoms with E-state index in [4.69, 9.17) is 0 Å². The van der Waals surface area contributed by atoms with E-state index < -0.39 is 0 Å². The van der Waals surface area contributed by atoms with Crippen LogP contribution < -0.4 is 5.32 Å². The molecule has 0 radical (unpaired) electrons. The van der Waals surface area contributed by atoms with Gasteiger partial charge in [-0.05, 0) is 31.0 Å². The van der Waals surface area contributed by atoms with Gasteiger partial charge in [0.05, 0.1) is 33.3 Å². The number of carbonyl (C=O) groups excluding carboxylic acids is 1. The van der Waals surface area contributed by atoms with E-state index in [2.05, 4.69) is 21.4 Å². The summed E-state index contributed by atoms with van der Waals surface area (Å²) in [5, 5.41) is 12.5. The Morgan fingerprint density at radius 3 is 2.82 bits per heavy atom. The van der Waals surface area contributed by atoms with Gasteiger partial charge in [-0.15, -0.1) is 0 Å². The SMILES string of the molecule is C[N+](C)(CCNc1ccc(-c2cccnc2)cn1)CC(=O)N1CCC[C@H]1C#N. The first kappa shape index (κ1) is 19.8. The first-order chi connectivity index (χ1) is 13.5. The fourth-order valence-electron chi connectivity index (χ4n) is 3.42. The summed E-state index contributed by atoms with van der Waals surface area (Å²) in [6, 6.07) is 9.86. The third-order valence-electron chi connectivity index (χ3n) is 5.07. The molecule has 1 aliphatic rings. The second-order valence-corrected chi connectivity index (χ2v) is 7.79. The summed E-state index contributed by atoms with van der Waals surface area (Å²) >= 11 is 0. The minimum absolute atomic E-state index is 0.0630. The predicted molar refractivity (Wildman–Crippen MR) is 108 cm³/mol. The molecule has 0 bridgehead atoms. The number of pyridine rings is 2. The molecule has 3 heterocycles. The monoisotopic (exact) mass is 379 g/mol. The van der Waals surface area contributed by atoms with Gasteiger partial charge in [0.25, 0.3) is 5.91 Å². The molecule has 7 heteroatoms. The van der Waals surface area contributed by atoms with E-state index in [9.17, 15) is 10.1 Å². The molecule has 1 aliphatic heterocycles. The molecule has 1 N–H and O–H groups in total. The van der Waals surface area contributed by atoms with Crippen molar-refractivity contribution in [3.05, 3.63) is 42.9 Å². The van der Waals surface area contributed by atoms with Crippen LogP contribution in [0, 0.1) is 11.3 Å². The highest BCUT2D eigenvalue weighted by Crippen LogP contribution is 2.19. The van der Waals surface area contributed by atoms with Crippen molar-refractivity contribution in [3.8, 4) is 17.2 Å². The van der Waals surface area contributed by atoms with Crippen LogP contribution in [-0.2, 0) is 4.79 Å². The molecule has 146 valence electrons. The lowest BCUT2D eigenvalue weighted by molar-refractivity contribution is -0.881. The number of carbonyl (C=O) groups is 1. The molecule has 1 atom stereocenters. The number of likely N-dealkylation sites (tertiary alicyclic amines) is 1. The Balaban J connectivity index is 1.48. The van der Waals surface area contributed by atoms with Gasteiger partial charge in [0.15, 0.2) is 6.54 Å². The summed E-state index contributed by atoms with van der Waals surface area (Å²) in [5.41, 5.74) is 2.06. The Morgan fingerprint density at radius 2 is 2.14 bits per heavy atom. The summed E-state index contributed by atoms with van der Waals surface area (Å²) in [5.74, 6) is 0.871. The zero-order valence-corrected chi connectivity index (χ0v) is 16.5. The molecule has 0 aliphatic carbocycles. The van der Waals surface area contributed by atoms with Crippen molar-refractivity contribution in [3.63, 3.8) is 0 Å². The molecule has 0 saturated carbocycles. The van der Waals surface area contributed by atoms with Gasteiger partial charge in [-0.1, -0.05) is 6.07 Å². The number of nitrogens with zero attached hydrogens (tertiary/aromatic N) is 5. The van der Waals surface area contributed by atoms with Crippen LogP contribution in [0.3, 0.4) is 0 Å². The average Bonchev–Trinajstić information content (AvgIpc) is 3.18. The Labute approximate surface area is 166 Å². The molecule has 2 aromatic heterocycles. The third-order valence-corrected chi connectivity index (χ3v) is 5.07. The van der Waals surface area contributed by atoms with Crippen molar-refractivity contribution in [2.45, 2.75) is 18.9 Å². The molecular formula is C21H27N6O+. The number of amides is 1. The highest BCUT2D eigenvalue weighted by atomic mass is 16.2. The number of anilines is 1. The lowest BCUT2D eigenvalue weighted by atomic mass is 10.1. The van der Waals surface area contributed by atoms with Gasteiger partial charge in [-0.2, -0.15) is 5.26 Å². The molecule has 0 spiro atoms. The molecule has 3 rings (SSSR count). The van der Waals surface area contributed by atoms with Crippen molar-refractivity contribution in [2.24, 2.45) is 0 Å². The number of nitriles is 1. The number of hydrogen-bond acceptors (Lipinski definition) is 5. The van der Waals surface area contributed by atoms with E-state index >= 15 is 0 Å². The van der Waals surface area contributed by atoms with Crippen LogP contribution in [0.15, 0.2) is 42.9 Å². The maximum atomic E-state index is 12.6. The van der Waals surface area contributed by atoms with Gasteiger partial charge in [0.1, 0.15) is 11.9 Å². The second-order valence-electron chi connectivity index (χ2n) is 7.79. The molecule has 1 saturated heterocycles. The number of aromatic nitrogens is 2. The highest BCUT2D eigenvalue weighted by Gasteiger charge is 2.32. The van der Waals surface area contributed by atoms with Crippen LogP contribution in [-0.4, -0.2) is 71.6 Å². The van der Waals surface area contributed by atoms with Crippen molar-refractivity contribution < 1.29 is 9.28 Å². The minimum atomic E-state index is -0.256. The maximum Gasteiger partial charge on any atom is 0.278 e. The third kappa shape index (κ3) is 5.05. The van der Waals surface area contributed by atoms with E-state index in [0.29, 0.717) is 24.1 Å². The highest BCUT2D eigenvalue weighted by molar-refractivity contribution is 5.78. The van der Waals surface area contributed by atoms with Crippen molar-refractivity contribution in [1.82, 2.24) is 14.9 Å². The van der Waals surface area contributed by atoms with Crippen LogP contribution in [0.5, 0.6) is 0 Å². The number of likely N-dealkylation sites (N-methyl/N-ethyl adjacent to an activating group) is 1. The lowest BCUT2D eigenvalue weighted by Crippen LogP contribution is -2.51. The predicted octanol–water partition coefficient (Wildman–Crippen LogP) is 2.15. The average molecular weight is 379 g/mol. The van der Waals surface area contributed by atoms with Gasteiger partial charge in [0, 0.05) is 36.3 Å². The summed E-state index contributed by atoms with van der Waals surface area (Å²) in [4.78, 5) is 22.9. The first-order valence-corrected chi connectivity index (χ1v) is 9.60. The molecule has 1 amide bonds. The summed E-state index contributed by atoms with van der Waals surface area (Å²) < 4.78 is 0.564. The molecule has 2 aromatic rings. The molecule has 28 heavy (non-hydrogen) atoms. The molecule has 0 unspecified atom stereocenters. The summed E-state index contributed by atoms with van der Waals surface area (Å²) in [6.07, 6.45) is 7.11. The molecule has 0 aromatic carbocycles. The Bertz CT molecular complexity index is 828. The van der Waals surface area contributed by atoms with E-state index in [-0.39, 0.29) is 11.9 Å². The number of quaternary nitrogens is 1. The van der Waals surface area contributed by atoms with Crippen molar-refractivity contribution in [1.29, 1.82) is 5.26 Å². The first-order valence-electron chi connectivity index (χ1n) is 9.60. The van der Waals surface area contributed by atoms with Crippen LogP contribution in [0.4, 0.5) is 5.82 Å². The fraction of sp³-hybridized carbons (Fsp3) is 0.429. The maximum absolute atomic E-state index is 12.6. The largest absolute Gasteiger partial charge is 0.364 e. The van der Waals surface area contributed by atoms with Crippen LogP contribution in [0.25, 0.3) is 11.1 Å². The Hall–Kier alpha value is -2.98. The molecule has 7 nitrogen and oxygen atoms in total. The van der Waals surface area contributed by atoms with Gasteiger partial charge >= 0.3 is 0 Å². The van der Waals surface area contributed by atoms with E-state index in [0.717, 1.165) is 36.3 Å². The van der Waals surface area contributed by atoms with Gasteiger partial charge in [0.2, 0.25) is 0 Å². The lowest BCUT2D eigenvalue weighted by Gasteiger charge is -2.31. The van der Waals surface area contributed by atoms with Crippen LogP contribution in [0.1, 0.15) is 12.8 Å².